The van der Waals surface area contributed by atoms with E-state index in [9.17, 15) is 4.79 Å². The van der Waals surface area contributed by atoms with E-state index in [1.807, 2.05) is 32.1 Å². The number of aliphatic imine (C=N–C) groups is 3. The molecular formula is C22H30ClN7OS. The van der Waals surface area contributed by atoms with Crippen LogP contribution >= 0.6 is 23.4 Å². The Morgan fingerprint density at radius 1 is 1.34 bits per heavy atom. The van der Waals surface area contributed by atoms with Crippen LogP contribution < -0.4 is 16.0 Å². The van der Waals surface area contributed by atoms with Crippen LogP contribution in [-0.4, -0.2) is 68.7 Å². The molecule has 3 N–H and O–H groups in total. The van der Waals surface area contributed by atoms with Gasteiger partial charge in [-0.1, -0.05) is 35.5 Å². The molecule has 0 bridgehead atoms. The van der Waals surface area contributed by atoms with Crippen LogP contribution in [-0.2, 0) is 4.79 Å². The average molecular weight is 476 g/mol. The second-order valence-electron chi connectivity index (χ2n) is 6.81. The second kappa shape index (κ2) is 13.7. The summed E-state index contributed by atoms with van der Waals surface area (Å²) < 4.78 is 0. The van der Waals surface area contributed by atoms with Crippen LogP contribution in [0.15, 0.2) is 56.2 Å². The summed E-state index contributed by atoms with van der Waals surface area (Å²) in [6.45, 7) is 15.3. The number of benzene rings is 1. The minimum atomic E-state index is -0.316. The number of thioether (sulfide) groups is 1. The van der Waals surface area contributed by atoms with Gasteiger partial charge < -0.3 is 20.9 Å². The fourth-order valence-electron chi connectivity index (χ4n) is 2.97. The van der Waals surface area contributed by atoms with E-state index in [2.05, 4.69) is 49.3 Å². The molecule has 0 saturated carbocycles. The summed E-state index contributed by atoms with van der Waals surface area (Å²) in [6, 6.07) is 5.45. The van der Waals surface area contributed by atoms with Crippen molar-refractivity contribution < 1.29 is 4.79 Å². The number of nitrogens with one attached hydrogen (secondary N) is 3. The topological polar surface area (TPSA) is 93.5 Å². The number of likely N-dealkylation sites (N-methyl/N-ethyl adjacent to an activating group) is 1. The van der Waals surface area contributed by atoms with Crippen molar-refractivity contribution >= 4 is 54.2 Å². The standard InChI is InChI=1S/C22H30ClN7OS/c1-5-27-19(13-20(25-4)30-11-9-26-10-12-30)28-15-32-18(14-24-3)22(31)29-21-16(2)7-6-8-17(21)23/h6-8,13-14,26H,3-5,9-12,15H2,1-2H3,(H,27,28)(H,29,31)/b18-14-,20-13+. The zero-order valence-electron chi connectivity index (χ0n) is 18.5. The molecule has 0 radical (unpaired) electrons. The third kappa shape index (κ3) is 7.81. The second-order valence-corrected chi connectivity index (χ2v) is 8.20. The SMILES string of the molecule is C=N/C=C(\SC/N=C(/C=C(\N=C)N1CCNCC1)NCC)C(=O)Nc1c(C)cccc1Cl. The maximum absolute atomic E-state index is 12.8. The molecule has 10 heteroatoms. The number of nitrogens with zero attached hydrogens (tertiary/aromatic N) is 4. The number of amides is 1. The van der Waals surface area contributed by atoms with E-state index in [0.717, 1.165) is 37.6 Å². The maximum Gasteiger partial charge on any atom is 0.263 e. The van der Waals surface area contributed by atoms with Gasteiger partial charge in [-0.2, -0.15) is 0 Å². The van der Waals surface area contributed by atoms with Gasteiger partial charge in [0.2, 0.25) is 0 Å². The van der Waals surface area contributed by atoms with Crippen LogP contribution in [0.3, 0.4) is 0 Å². The highest BCUT2D eigenvalue weighted by Gasteiger charge is 2.15. The highest BCUT2D eigenvalue weighted by Crippen LogP contribution is 2.27. The van der Waals surface area contributed by atoms with Gasteiger partial charge in [-0.3, -0.25) is 14.8 Å². The number of anilines is 1. The number of hydrogen-bond acceptors (Lipinski definition) is 7. The lowest BCUT2D eigenvalue weighted by atomic mass is 10.2. The molecular weight excluding hydrogens is 446 g/mol. The molecule has 8 nitrogen and oxygen atoms in total. The van der Waals surface area contributed by atoms with Crippen LogP contribution in [0.1, 0.15) is 12.5 Å². The van der Waals surface area contributed by atoms with Gasteiger partial charge >= 0.3 is 0 Å². The van der Waals surface area contributed by atoms with Crippen LogP contribution in [0.2, 0.25) is 5.02 Å². The van der Waals surface area contributed by atoms with E-state index in [1.54, 1.807) is 6.07 Å². The summed E-state index contributed by atoms with van der Waals surface area (Å²) in [6.07, 6.45) is 3.30. The number of amidine groups is 1. The number of para-hydroxylation sites is 1. The van der Waals surface area contributed by atoms with Gasteiger partial charge in [0.05, 0.1) is 21.5 Å². The van der Waals surface area contributed by atoms with Crippen molar-refractivity contribution in [3.8, 4) is 0 Å². The maximum atomic E-state index is 12.8. The number of hydrogen-bond donors (Lipinski definition) is 3. The first-order valence-electron chi connectivity index (χ1n) is 10.3. The van der Waals surface area contributed by atoms with E-state index in [0.29, 0.717) is 33.9 Å². The molecule has 1 fully saturated rings. The summed E-state index contributed by atoms with van der Waals surface area (Å²) in [7, 11) is 0. The molecule has 1 aliphatic rings. The number of aryl methyl sites for hydroxylation is 1. The molecule has 1 heterocycles. The highest BCUT2D eigenvalue weighted by atomic mass is 35.5. The molecule has 172 valence electrons. The van der Waals surface area contributed by atoms with Crippen molar-refractivity contribution in [2.45, 2.75) is 13.8 Å². The quantitative estimate of drug-likeness (QED) is 0.274. The Morgan fingerprint density at radius 2 is 2.09 bits per heavy atom. The largest absolute Gasteiger partial charge is 0.371 e. The van der Waals surface area contributed by atoms with Gasteiger partial charge in [0.15, 0.2) is 0 Å². The molecule has 2 rings (SSSR count). The monoisotopic (exact) mass is 475 g/mol. The minimum Gasteiger partial charge on any atom is -0.371 e. The van der Waals surface area contributed by atoms with Crippen LogP contribution in [0.4, 0.5) is 5.69 Å². The van der Waals surface area contributed by atoms with Gasteiger partial charge in [-0.15, -0.1) is 0 Å². The summed E-state index contributed by atoms with van der Waals surface area (Å²) >= 11 is 7.48. The summed E-state index contributed by atoms with van der Waals surface area (Å²) in [5.41, 5.74) is 1.45. The average Bonchev–Trinajstić information content (AvgIpc) is 2.79. The van der Waals surface area contributed by atoms with Crippen LogP contribution in [0.5, 0.6) is 0 Å². The molecule has 32 heavy (non-hydrogen) atoms. The van der Waals surface area contributed by atoms with Gasteiger partial charge in [0.1, 0.15) is 11.7 Å². The van der Waals surface area contributed by atoms with Crippen molar-refractivity contribution in [3.05, 3.63) is 51.8 Å². The molecule has 1 aromatic carbocycles. The zero-order chi connectivity index (χ0) is 23.3. The molecule has 0 aromatic heterocycles. The summed E-state index contributed by atoms with van der Waals surface area (Å²) in [5, 5.41) is 9.88. The number of halogens is 1. The van der Waals surface area contributed by atoms with Gasteiger partial charge in [-0.05, 0) is 38.9 Å². The Balaban J connectivity index is 2.10. The van der Waals surface area contributed by atoms with E-state index in [4.69, 9.17) is 11.6 Å². The molecule has 1 aromatic rings. The van der Waals surface area contributed by atoms with Gasteiger partial charge in [0, 0.05) is 45.0 Å². The number of rotatable bonds is 10. The molecule has 0 spiro atoms. The molecule has 1 aliphatic heterocycles. The smallest absolute Gasteiger partial charge is 0.263 e. The third-order valence-electron chi connectivity index (χ3n) is 4.57. The normalized spacial score (nSPS) is 15.3. The highest BCUT2D eigenvalue weighted by molar-refractivity contribution is 8.04. The summed E-state index contributed by atoms with van der Waals surface area (Å²) in [5.74, 6) is 1.44. The first-order valence-corrected chi connectivity index (χ1v) is 11.6. The lowest BCUT2D eigenvalue weighted by Gasteiger charge is -2.29. The van der Waals surface area contributed by atoms with Crippen LogP contribution in [0, 0.1) is 6.92 Å². The Hall–Kier alpha value is -2.62. The molecule has 0 atom stereocenters. The van der Waals surface area contributed by atoms with E-state index < -0.39 is 0 Å². The Kier molecular flexibility index (Phi) is 11.0. The Bertz CT molecular complexity index is 887. The van der Waals surface area contributed by atoms with E-state index in [-0.39, 0.29) is 5.91 Å². The lowest BCUT2D eigenvalue weighted by Crippen LogP contribution is -2.42. The number of carbonyl (C=O) groups excluding carboxylic acids is 1. The minimum absolute atomic E-state index is 0.307. The van der Waals surface area contributed by atoms with Crippen molar-refractivity contribution in [2.24, 2.45) is 15.0 Å². The van der Waals surface area contributed by atoms with Crippen molar-refractivity contribution in [2.75, 3.05) is 43.9 Å². The third-order valence-corrected chi connectivity index (χ3v) is 5.75. The Morgan fingerprint density at radius 3 is 2.72 bits per heavy atom. The Labute approximate surface area is 199 Å². The van der Waals surface area contributed by atoms with E-state index in [1.165, 1.54) is 18.0 Å². The van der Waals surface area contributed by atoms with E-state index >= 15 is 0 Å². The predicted octanol–water partition coefficient (Wildman–Crippen LogP) is 3.27. The fraction of sp³-hybridized carbons (Fsp3) is 0.364. The molecule has 0 unspecified atom stereocenters. The first kappa shape index (κ1) is 25.6. The van der Waals surface area contributed by atoms with Crippen molar-refractivity contribution in [1.82, 2.24) is 15.5 Å². The summed E-state index contributed by atoms with van der Waals surface area (Å²) in [4.78, 5) is 27.9. The van der Waals surface area contributed by atoms with Crippen molar-refractivity contribution in [3.63, 3.8) is 0 Å². The molecule has 0 aliphatic carbocycles. The zero-order valence-corrected chi connectivity index (χ0v) is 20.1. The van der Waals surface area contributed by atoms with Crippen molar-refractivity contribution in [1.29, 1.82) is 0 Å². The van der Waals surface area contributed by atoms with Gasteiger partial charge in [0.25, 0.3) is 5.91 Å². The van der Waals surface area contributed by atoms with Gasteiger partial charge in [-0.25, -0.2) is 4.99 Å². The number of piperazine rings is 1. The number of carbonyl (C=O) groups is 1. The lowest BCUT2D eigenvalue weighted by molar-refractivity contribution is -0.112. The molecule has 1 saturated heterocycles. The first-order chi connectivity index (χ1) is 15.5. The predicted molar refractivity (Wildman–Crippen MR) is 138 cm³/mol. The fourth-order valence-corrected chi connectivity index (χ4v) is 3.91. The molecule has 1 amide bonds. The van der Waals surface area contributed by atoms with Crippen LogP contribution in [0.25, 0.3) is 0 Å².